The van der Waals surface area contributed by atoms with Crippen molar-refractivity contribution in [2.75, 3.05) is 26.0 Å². The average Bonchev–Trinajstić information content (AvgIpc) is 2.75. The van der Waals surface area contributed by atoms with Crippen molar-refractivity contribution in [1.29, 1.82) is 0 Å². The van der Waals surface area contributed by atoms with Crippen LogP contribution < -0.4 is 16.4 Å². The fraction of sp³-hybridized carbons (Fsp3) is 0.250. The van der Waals surface area contributed by atoms with Crippen molar-refractivity contribution < 1.29 is 4.79 Å². The van der Waals surface area contributed by atoms with E-state index < -0.39 is 0 Å². The van der Waals surface area contributed by atoms with E-state index >= 15 is 0 Å². The van der Waals surface area contributed by atoms with Crippen LogP contribution in [0.3, 0.4) is 0 Å². The van der Waals surface area contributed by atoms with Crippen LogP contribution in [0, 0.1) is 0 Å². The molecule has 0 saturated carbocycles. The number of hydrogen-bond donors (Lipinski definition) is 1. The second-order valence-electron chi connectivity index (χ2n) is 8.04. The number of amides is 1. The van der Waals surface area contributed by atoms with Crippen LogP contribution in [0.1, 0.15) is 13.3 Å². The molecular weight excluding hydrogens is 406 g/mol. The van der Waals surface area contributed by atoms with Crippen molar-refractivity contribution in [2.24, 2.45) is 0 Å². The maximum Gasteiger partial charge on any atom is 0.264 e. The van der Waals surface area contributed by atoms with Gasteiger partial charge in [-0.1, -0.05) is 0 Å². The lowest BCUT2D eigenvalue weighted by Gasteiger charge is -2.12. The molecular formula is C24H25N5O3. The number of fused-ring (bicyclic) bond motifs is 2. The maximum atomic E-state index is 13.2. The Labute approximate surface area is 184 Å². The molecule has 0 unspecified atom stereocenters. The van der Waals surface area contributed by atoms with Gasteiger partial charge in [-0.05, 0) is 69.5 Å². The lowest BCUT2D eigenvalue weighted by Crippen LogP contribution is -2.23. The summed E-state index contributed by atoms with van der Waals surface area (Å²) in [7, 11) is 4.00. The molecule has 8 nitrogen and oxygen atoms in total. The highest BCUT2D eigenvalue weighted by molar-refractivity contribution is 5.92. The van der Waals surface area contributed by atoms with Gasteiger partial charge < -0.3 is 14.8 Å². The van der Waals surface area contributed by atoms with Gasteiger partial charge >= 0.3 is 0 Å². The van der Waals surface area contributed by atoms with E-state index in [1.54, 1.807) is 53.4 Å². The zero-order chi connectivity index (χ0) is 22.8. The first-order valence-corrected chi connectivity index (χ1v) is 10.4. The fourth-order valence-corrected chi connectivity index (χ4v) is 3.71. The molecule has 3 aromatic heterocycles. The zero-order valence-corrected chi connectivity index (χ0v) is 18.3. The first-order valence-electron chi connectivity index (χ1n) is 10.4. The molecule has 0 fully saturated rings. The molecule has 8 heteroatoms. The maximum absolute atomic E-state index is 13.2. The van der Waals surface area contributed by atoms with Gasteiger partial charge in [0.1, 0.15) is 0 Å². The van der Waals surface area contributed by atoms with E-state index in [-0.39, 0.29) is 17.0 Å². The predicted molar refractivity (Wildman–Crippen MR) is 127 cm³/mol. The molecule has 3 heterocycles. The summed E-state index contributed by atoms with van der Waals surface area (Å²) in [6.45, 7) is 2.92. The molecule has 4 rings (SSSR count). The summed E-state index contributed by atoms with van der Waals surface area (Å²) >= 11 is 0. The third kappa shape index (κ3) is 4.31. The molecule has 1 aromatic carbocycles. The van der Waals surface area contributed by atoms with Crippen LogP contribution in [0.25, 0.3) is 27.5 Å². The molecule has 0 bridgehead atoms. The Hall–Kier alpha value is -3.78. The molecule has 1 amide bonds. The fourth-order valence-electron chi connectivity index (χ4n) is 3.71. The molecule has 0 aliphatic heterocycles. The zero-order valence-electron chi connectivity index (χ0n) is 18.3. The van der Waals surface area contributed by atoms with E-state index in [2.05, 4.69) is 15.2 Å². The van der Waals surface area contributed by atoms with E-state index in [0.717, 1.165) is 13.0 Å². The Morgan fingerprint density at radius 3 is 2.28 bits per heavy atom. The number of nitrogens with one attached hydrogen (secondary N) is 1. The second kappa shape index (κ2) is 8.76. The van der Waals surface area contributed by atoms with E-state index in [9.17, 15) is 14.4 Å². The Kier molecular flexibility index (Phi) is 5.87. The first-order chi connectivity index (χ1) is 15.3. The molecule has 0 spiro atoms. The second-order valence-corrected chi connectivity index (χ2v) is 8.04. The normalized spacial score (nSPS) is 11.4. The highest BCUT2D eigenvalue weighted by Gasteiger charge is 2.11. The van der Waals surface area contributed by atoms with E-state index in [4.69, 9.17) is 0 Å². The summed E-state index contributed by atoms with van der Waals surface area (Å²) < 4.78 is 3.17. The number of aryl methyl sites for hydroxylation is 1. The number of aromatic nitrogens is 3. The molecule has 0 aliphatic rings. The minimum Gasteiger partial charge on any atom is -0.326 e. The van der Waals surface area contributed by atoms with Crippen LogP contribution in [0.5, 0.6) is 0 Å². The van der Waals surface area contributed by atoms with E-state index in [0.29, 0.717) is 39.7 Å². The minimum atomic E-state index is -0.258. The van der Waals surface area contributed by atoms with Crippen LogP contribution in [-0.4, -0.2) is 45.6 Å². The summed E-state index contributed by atoms with van der Waals surface area (Å²) in [4.78, 5) is 44.1. The van der Waals surface area contributed by atoms with Gasteiger partial charge in [0.25, 0.3) is 11.1 Å². The monoisotopic (exact) mass is 431 g/mol. The molecule has 0 aliphatic carbocycles. The lowest BCUT2D eigenvalue weighted by molar-refractivity contribution is -0.114. The van der Waals surface area contributed by atoms with E-state index in [1.807, 2.05) is 20.2 Å². The van der Waals surface area contributed by atoms with Crippen molar-refractivity contribution in [1.82, 2.24) is 19.0 Å². The Bertz CT molecular complexity index is 1420. The van der Waals surface area contributed by atoms with Gasteiger partial charge in [0.15, 0.2) is 0 Å². The molecule has 1 N–H and O–H groups in total. The van der Waals surface area contributed by atoms with Crippen molar-refractivity contribution in [3.8, 4) is 5.69 Å². The molecule has 0 saturated heterocycles. The SMILES string of the molecule is CC(=O)Nc1ccc(-n2ccc3nc4ccn(CCCN(C)C)c(=O)c4cc3c2=O)cc1. The van der Waals surface area contributed by atoms with Crippen molar-refractivity contribution in [3.05, 3.63) is 75.6 Å². The van der Waals surface area contributed by atoms with Gasteiger partial charge in [-0.15, -0.1) is 0 Å². The Morgan fingerprint density at radius 1 is 0.969 bits per heavy atom. The van der Waals surface area contributed by atoms with Crippen LogP contribution >= 0.6 is 0 Å². The number of hydrogen-bond acceptors (Lipinski definition) is 5. The number of anilines is 1. The quantitative estimate of drug-likeness (QED) is 0.474. The molecule has 164 valence electrons. The van der Waals surface area contributed by atoms with Crippen LogP contribution in [0.2, 0.25) is 0 Å². The lowest BCUT2D eigenvalue weighted by atomic mass is 10.2. The highest BCUT2D eigenvalue weighted by atomic mass is 16.1. The smallest absolute Gasteiger partial charge is 0.264 e. The largest absolute Gasteiger partial charge is 0.326 e. The van der Waals surface area contributed by atoms with Crippen LogP contribution in [0.4, 0.5) is 5.69 Å². The number of nitrogens with zero attached hydrogens (tertiary/aromatic N) is 4. The van der Waals surface area contributed by atoms with Gasteiger partial charge in [0.2, 0.25) is 5.91 Å². The highest BCUT2D eigenvalue weighted by Crippen LogP contribution is 2.17. The third-order valence-corrected chi connectivity index (χ3v) is 5.29. The van der Waals surface area contributed by atoms with Crippen molar-refractivity contribution in [3.63, 3.8) is 0 Å². The summed E-state index contributed by atoms with van der Waals surface area (Å²) in [6, 6.07) is 12.2. The van der Waals surface area contributed by atoms with Gasteiger partial charge in [-0.2, -0.15) is 0 Å². The van der Waals surface area contributed by atoms with Gasteiger partial charge in [0.05, 0.1) is 21.8 Å². The topological polar surface area (TPSA) is 89.2 Å². The average molecular weight is 431 g/mol. The molecule has 32 heavy (non-hydrogen) atoms. The van der Waals surface area contributed by atoms with Crippen molar-refractivity contribution in [2.45, 2.75) is 19.9 Å². The van der Waals surface area contributed by atoms with Gasteiger partial charge in [-0.25, -0.2) is 4.98 Å². The third-order valence-electron chi connectivity index (χ3n) is 5.29. The number of carbonyl (C=O) groups excluding carboxylic acids is 1. The molecule has 4 aromatic rings. The van der Waals surface area contributed by atoms with Crippen molar-refractivity contribution >= 4 is 33.4 Å². The Morgan fingerprint density at radius 2 is 1.62 bits per heavy atom. The number of carbonyl (C=O) groups is 1. The minimum absolute atomic E-state index is 0.148. The summed E-state index contributed by atoms with van der Waals surface area (Å²) in [5.41, 5.74) is 2.01. The van der Waals surface area contributed by atoms with Gasteiger partial charge in [0, 0.05) is 37.2 Å². The van der Waals surface area contributed by atoms with Gasteiger partial charge in [-0.3, -0.25) is 19.0 Å². The Balaban J connectivity index is 1.76. The standard InChI is InChI=1S/C24H25N5O3/c1-16(30)25-17-5-7-18(8-6-17)29-14-10-22-20(24(29)32)15-19-21(26-22)9-13-28(23(19)31)12-4-11-27(2)3/h5-10,13-15H,4,11-12H2,1-3H3,(H,25,30). The summed E-state index contributed by atoms with van der Waals surface area (Å²) in [5.74, 6) is -0.161. The number of benzene rings is 1. The van der Waals surface area contributed by atoms with Crippen LogP contribution in [-0.2, 0) is 11.3 Å². The molecule has 0 atom stereocenters. The summed E-state index contributed by atoms with van der Waals surface area (Å²) in [6.07, 6.45) is 4.27. The summed E-state index contributed by atoms with van der Waals surface area (Å²) in [5, 5.41) is 3.52. The van der Waals surface area contributed by atoms with Crippen LogP contribution in [0.15, 0.2) is 64.4 Å². The van der Waals surface area contributed by atoms with E-state index in [1.165, 1.54) is 11.5 Å². The predicted octanol–water partition coefficient (Wildman–Crippen LogP) is 2.61. The first kappa shape index (κ1) is 21.5. The number of pyridine rings is 3. The molecule has 0 radical (unpaired) electrons. The number of rotatable bonds is 6.